The minimum Gasteiger partial charge on any atom is -0.463 e. The van der Waals surface area contributed by atoms with E-state index in [0.717, 1.165) is 43.7 Å². The molecule has 1 aliphatic heterocycles. The molecular formula is C50H61NO2. The summed E-state index contributed by atoms with van der Waals surface area (Å²) in [5, 5.41) is 2.51. The van der Waals surface area contributed by atoms with Gasteiger partial charge in [-0.2, -0.15) is 0 Å². The maximum atomic E-state index is 6.89. The van der Waals surface area contributed by atoms with Crippen molar-refractivity contribution in [3.8, 4) is 22.6 Å². The lowest BCUT2D eigenvalue weighted by Gasteiger charge is -2.37. The zero-order chi connectivity index (χ0) is 38.0. The summed E-state index contributed by atoms with van der Waals surface area (Å²) in [5.74, 6) is 1.15. The van der Waals surface area contributed by atoms with Gasteiger partial charge in [0.1, 0.15) is 5.75 Å². The van der Waals surface area contributed by atoms with Gasteiger partial charge in [0, 0.05) is 23.1 Å². The van der Waals surface area contributed by atoms with Crippen LogP contribution in [0.2, 0.25) is 0 Å². The lowest BCUT2D eigenvalue weighted by atomic mass is 9.67. The monoisotopic (exact) mass is 707 g/mol. The van der Waals surface area contributed by atoms with Crippen molar-refractivity contribution in [3.05, 3.63) is 118 Å². The predicted octanol–water partition coefficient (Wildman–Crippen LogP) is 14.0. The van der Waals surface area contributed by atoms with Gasteiger partial charge in [0.25, 0.3) is 0 Å². The van der Waals surface area contributed by atoms with Crippen LogP contribution >= 0.6 is 0 Å². The van der Waals surface area contributed by atoms with Gasteiger partial charge in [-0.1, -0.05) is 120 Å². The van der Waals surface area contributed by atoms with Gasteiger partial charge >= 0.3 is 0 Å². The standard InChI is InChI=1S/C50H61NO2/c1-31-23-33(3)46(34(4)24-31)36-16-19-39-40-20-17-37(47-35(5)25-32(2)29-49(47,9)10)27-42(40)51(41(39)26-36)43-28-38(50(11,12)30-48(6,7)8)18-21-44(43)53-45-15-13-14-22-52-45/h16-21,23-29,45,47H,13-15,22,30H2,1-12H3. The van der Waals surface area contributed by atoms with Crippen molar-refractivity contribution in [3.63, 3.8) is 0 Å². The van der Waals surface area contributed by atoms with Crippen LogP contribution in [0.5, 0.6) is 5.75 Å². The highest BCUT2D eigenvalue weighted by molar-refractivity contribution is 6.10. The highest BCUT2D eigenvalue weighted by Gasteiger charge is 2.34. The predicted molar refractivity (Wildman–Crippen MR) is 226 cm³/mol. The topological polar surface area (TPSA) is 23.4 Å². The van der Waals surface area contributed by atoms with E-state index in [4.69, 9.17) is 9.47 Å². The van der Waals surface area contributed by atoms with Crippen molar-refractivity contribution in [2.45, 2.75) is 126 Å². The summed E-state index contributed by atoms with van der Waals surface area (Å²) in [4.78, 5) is 0. The summed E-state index contributed by atoms with van der Waals surface area (Å²) >= 11 is 0. The maximum Gasteiger partial charge on any atom is 0.199 e. The van der Waals surface area contributed by atoms with Crippen molar-refractivity contribution in [2.24, 2.45) is 10.8 Å². The largest absolute Gasteiger partial charge is 0.463 e. The fourth-order valence-electron chi connectivity index (χ4n) is 10.3. The molecule has 1 aromatic heterocycles. The van der Waals surface area contributed by atoms with Crippen LogP contribution in [-0.4, -0.2) is 17.5 Å². The first-order valence-electron chi connectivity index (χ1n) is 19.9. The van der Waals surface area contributed by atoms with Crippen molar-refractivity contribution in [1.29, 1.82) is 0 Å². The van der Waals surface area contributed by atoms with Crippen LogP contribution < -0.4 is 4.74 Å². The number of ether oxygens (including phenoxy) is 2. The number of hydrogen-bond donors (Lipinski definition) is 0. The van der Waals surface area contributed by atoms with Gasteiger partial charge < -0.3 is 14.0 Å². The van der Waals surface area contributed by atoms with E-state index in [9.17, 15) is 0 Å². The Morgan fingerprint density at radius 2 is 1.47 bits per heavy atom. The molecule has 0 radical (unpaired) electrons. The molecule has 0 bridgehead atoms. The van der Waals surface area contributed by atoms with Gasteiger partial charge in [-0.25, -0.2) is 0 Å². The summed E-state index contributed by atoms with van der Waals surface area (Å²) in [5.41, 5.74) is 15.5. The normalized spacial score (nSPS) is 19.4. The Balaban J connectivity index is 1.54. The van der Waals surface area contributed by atoms with E-state index in [2.05, 4.69) is 167 Å². The molecule has 7 rings (SSSR count). The summed E-state index contributed by atoms with van der Waals surface area (Å²) in [6.45, 7) is 28.5. The van der Waals surface area contributed by atoms with Crippen LogP contribution in [0.4, 0.5) is 0 Å². The van der Waals surface area contributed by atoms with Crippen molar-refractivity contribution in [2.75, 3.05) is 6.61 Å². The number of hydrogen-bond acceptors (Lipinski definition) is 2. The molecule has 0 N–H and O–H groups in total. The number of fused-ring (bicyclic) bond motifs is 3. The molecule has 0 amide bonds. The molecule has 2 unspecified atom stereocenters. The van der Waals surface area contributed by atoms with E-state index in [1.807, 2.05) is 0 Å². The fourth-order valence-corrected chi connectivity index (χ4v) is 10.3. The molecule has 2 aliphatic rings. The van der Waals surface area contributed by atoms with Gasteiger partial charge in [0.2, 0.25) is 0 Å². The second kappa shape index (κ2) is 13.6. The number of allylic oxidation sites excluding steroid dienone is 4. The minimum atomic E-state index is -0.251. The SMILES string of the molecule is CC1=CC(C)(C)C(c2ccc3c4ccc(-c5c(C)cc(C)cc5C)cc4n(-c4cc(C(C)(C)CC(C)(C)C)ccc4OC4CCCCO4)c3c2)C(C)=C1. The van der Waals surface area contributed by atoms with Crippen molar-refractivity contribution in [1.82, 2.24) is 4.57 Å². The Morgan fingerprint density at radius 3 is 2.11 bits per heavy atom. The third kappa shape index (κ3) is 7.27. The Morgan fingerprint density at radius 1 is 0.792 bits per heavy atom. The first kappa shape index (κ1) is 37.2. The highest BCUT2D eigenvalue weighted by Crippen LogP contribution is 2.48. The molecule has 4 aromatic carbocycles. The van der Waals surface area contributed by atoms with Crippen LogP contribution in [0.3, 0.4) is 0 Å². The molecule has 1 saturated heterocycles. The van der Waals surface area contributed by atoms with Crippen molar-refractivity contribution >= 4 is 21.8 Å². The lowest BCUT2D eigenvalue weighted by molar-refractivity contribution is -0.105. The van der Waals surface area contributed by atoms with Gasteiger partial charge in [0.15, 0.2) is 6.29 Å². The Kier molecular flexibility index (Phi) is 9.59. The molecule has 278 valence electrons. The van der Waals surface area contributed by atoms with Crippen molar-refractivity contribution < 1.29 is 9.47 Å². The quantitative estimate of drug-likeness (QED) is 0.168. The molecule has 53 heavy (non-hydrogen) atoms. The first-order valence-corrected chi connectivity index (χ1v) is 19.9. The van der Waals surface area contributed by atoms with Crippen LogP contribution in [0.25, 0.3) is 38.6 Å². The van der Waals surface area contributed by atoms with Crippen LogP contribution in [-0.2, 0) is 10.2 Å². The molecule has 3 nitrogen and oxygen atoms in total. The average Bonchev–Trinajstić information content (AvgIpc) is 3.35. The fraction of sp³-hybridized carbons (Fsp3) is 0.440. The third-order valence-corrected chi connectivity index (χ3v) is 11.7. The summed E-state index contributed by atoms with van der Waals surface area (Å²) in [7, 11) is 0. The van der Waals surface area contributed by atoms with E-state index < -0.39 is 0 Å². The molecule has 0 spiro atoms. The Hall–Kier alpha value is -4.08. The number of nitrogens with zero attached hydrogens (tertiary/aromatic N) is 1. The third-order valence-electron chi connectivity index (χ3n) is 11.7. The molecular weight excluding hydrogens is 647 g/mol. The smallest absolute Gasteiger partial charge is 0.199 e. The van der Waals surface area contributed by atoms with E-state index in [0.29, 0.717) is 0 Å². The Labute approximate surface area is 319 Å². The van der Waals surface area contributed by atoms with Gasteiger partial charge in [-0.3, -0.25) is 0 Å². The summed E-state index contributed by atoms with van der Waals surface area (Å²) < 4.78 is 15.6. The second-order valence-electron chi connectivity index (χ2n) is 18.9. The highest BCUT2D eigenvalue weighted by atomic mass is 16.7. The van der Waals surface area contributed by atoms with Crippen LogP contribution in [0.1, 0.15) is 122 Å². The van der Waals surface area contributed by atoms with Gasteiger partial charge in [-0.15, -0.1) is 0 Å². The van der Waals surface area contributed by atoms with E-state index in [1.54, 1.807) is 0 Å². The average molecular weight is 708 g/mol. The van der Waals surface area contributed by atoms with E-state index in [-0.39, 0.29) is 28.5 Å². The molecule has 5 aromatic rings. The van der Waals surface area contributed by atoms with E-state index >= 15 is 0 Å². The van der Waals surface area contributed by atoms with Crippen LogP contribution in [0.15, 0.2) is 90.0 Å². The van der Waals surface area contributed by atoms with Crippen LogP contribution in [0, 0.1) is 31.6 Å². The Bertz CT molecular complexity index is 2240. The molecule has 2 heterocycles. The number of aromatic nitrogens is 1. The zero-order valence-corrected chi connectivity index (χ0v) is 34.5. The van der Waals surface area contributed by atoms with Gasteiger partial charge in [0.05, 0.1) is 23.3 Å². The summed E-state index contributed by atoms with van der Waals surface area (Å²) in [6.07, 6.45) is 8.73. The lowest BCUT2D eigenvalue weighted by Crippen LogP contribution is -2.27. The number of aryl methyl sites for hydroxylation is 3. The van der Waals surface area contributed by atoms with E-state index in [1.165, 1.54) is 71.9 Å². The molecule has 0 saturated carbocycles. The second-order valence-corrected chi connectivity index (χ2v) is 18.9. The zero-order valence-electron chi connectivity index (χ0n) is 34.5. The maximum absolute atomic E-state index is 6.89. The summed E-state index contributed by atoms with van der Waals surface area (Å²) in [6, 6.07) is 25.9. The molecule has 3 heteroatoms. The molecule has 1 aliphatic carbocycles. The minimum absolute atomic E-state index is 0.00933. The molecule has 2 atom stereocenters. The number of rotatable bonds is 7. The molecule has 1 fully saturated rings. The number of benzene rings is 4. The van der Waals surface area contributed by atoms with Gasteiger partial charge in [-0.05, 0) is 128 Å². The first-order chi connectivity index (χ1) is 24.9.